The zero-order valence-corrected chi connectivity index (χ0v) is 31.4. The minimum absolute atomic E-state index is 0.207. The Kier molecular flexibility index (Phi) is 19.9. The molecule has 2 aromatic rings. The first kappa shape index (κ1) is 38.5. The lowest BCUT2D eigenvalue weighted by molar-refractivity contribution is 0.0505. The molecule has 41 heavy (non-hydrogen) atoms. The molecule has 0 amide bonds. The Morgan fingerprint density at radius 2 is 1.07 bits per heavy atom. The number of ether oxygens (including phenoxy) is 2. The van der Waals surface area contributed by atoms with Crippen molar-refractivity contribution in [3.63, 3.8) is 0 Å². The second kappa shape index (κ2) is 21.2. The Labute approximate surface area is 280 Å². The highest BCUT2D eigenvalue weighted by atomic mass is 127. The van der Waals surface area contributed by atoms with Crippen LogP contribution in [-0.2, 0) is 15.6 Å². The van der Waals surface area contributed by atoms with E-state index in [1.165, 1.54) is 101 Å². The first-order valence-corrected chi connectivity index (χ1v) is 18.0. The van der Waals surface area contributed by atoms with Crippen LogP contribution in [-0.4, -0.2) is 19.0 Å². The summed E-state index contributed by atoms with van der Waals surface area (Å²) >= 11 is 4.55. The molecule has 0 unspecified atom stereocenters. The van der Waals surface area contributed by atoms with Gasteiger partial charge in [0.05, 0.1) is 7.14 Å². The third kappa shape index (κ3) is 15.7. The molecule has 3 nitrogen and oxygen atoms in total. The molecule has 2 rings (SSSR count). The van der Waals surface area contributed by atoms with Gasteiger partial charge in [0.15, 0.2) is 6.79 Å². The van der Waals surface area contributed by atoms with Crippen LogP contribution in [0.25, 0.3) is 0 Å². The number of phenolic OH excluding ortho intramolecular Hbond substituents is 1. The van der Waals surface area contributed by atoms with Crippen LogP contribution in [0.15, 0.2) is 36.4 Å². The van der Waals surface area contributed by atoms with Crippen molar-refractivity contribution >= 4 is 45.2 Å². The van der Waals surface area contributed by atoms with E-state index in [4.69, 9.17) is 9.47 Å². The molecule has 0 aromatic heterocycles. The van der Waals surface area contributed by atoms with E-state index >= 15 is 0 Å². The molecule has 0 aliphatic carbocycles. The number of phenols is 1. The third-order valence-electron chi connectivity index (χ3n) is 8.09. The standard InChI is InChI=1S/C19H31IO2.C17H27IO/c1-5-6-7-8-9-10-13-19(2,3)16-11-12-18(17(20)14-16)22-15-21-4;1-4-5-6-7-8-9-12-17(2,3)14-10-11-16(19)15(18)13-14/h11-12,14H,5-10,13,15H2,1-4H3;10-11,13,19H,4-9,12H2,1-3H3. The Balaban J connectivity index is 0.000000414. The minimum Gasteiger partial charge on any atom is -0.507 e. The van der Waals surface area contributed by atoms with E-state index in [9.17, 15) is 5.11 Å². The summed E-state index contributed by atoms with van der Waals surface area (Å²) < 4.78 is 12.6. The molecule has 234 valence electrons. The number of hydrogen-bond donors (Lipinski definition) is 1. The molecule has 0 atom stereocenters. The van der Waals surface area contributed by atoms with Gasteiger partial charge in [-0.2, -0.15) is 0 Å². The fourth-order valence-electron chi connectivity index (χ4n) is 5.07. The molecule has 0 saturated heterocycles. The Morgan fingerprint density at radius 3 is 1.51 bits per heavy atom. The Bertz CT molecular complexity index is 971. The topological polar surface area (TPSA) is 38.7 Å². The van der Waals surface area contributed by atoms with Crippen LogP contribution in [0.5, 0.6) is 11.5 Å². The summed E-state index contributed by atoms with van der Waals surface area (Å²) in [5.41, 5.74) is 3.17. The van der Waals surface area contributed by atoms with Gasteiger partial charge in [0.2, 0.25) is 0 Å². The molecule has 2 aromatic carbocycles. The zero-order valence-electron chi connectivity index (χ0n) is 27.1. The highest BCUT2D eigenvalue weighted by Crippen LogP contribution is 2.34. The van der Waals surface area contributed by atoms with Crippen molar-refractivity contribution in [2.45, 2.75) is 142 Å². The van der Waals surface area contributed by atoms with Crippen LogP contribution in [0.4, 0.5) is 0 Å². The van der Waals surface area contributed by atoms with E-state index in [0.29, 0.717) is 12.5 Å². The summed E-state index contributed by atoms with van der Waals surface area (Å²) in [6.07, 6.45) is 18.7. The van der Waals surface area contributed by atoms with E-state index in [2.05, 4.69) is 117 Å². The van der Waals surface area contributed by atoms with Crippen molar-refractivity contribution in [2.24, 2.45) is 0 Å². The summed E-state index contributed by atoms with van der Waals surface area (Å²) in [5, 5.41) is 9.60. The highest BCUT2D eigenvalue weighted by molar-refractivity contribution is 14.1. The number of aromatic hydroxyl groups is 1. The number of benzene rings is 2. The maximum absolute atomic E-state index is 9.60. The number of halogens is 2. The molecule has 0 radical (unpaired) electrons. The number of methoxy groups -OCH3 is 1. The summed E-state index contributed by atoms with van der Waals surface area (Å²) in [6.45, 7) is 14.1. The van der Waals surface area contributed by atoms with Crippen LogP contribution >= 0.6 is 45.2 Å². The summed E-state index contributed by atoms with van der Waals surface area (Å²) in [6, 6.07) is 12.5. The normalized spacial score (nSPS) is 11.7. The SMILES string of the molecule is CCCCCCCCC(C)(C)c1ccc(O)c(I)c1.CCCCCCCCC(C)(C)c1ccc(OCOC)c(I)c1. The van der Waals surface area contributed by atoms with Gasteiger partial charge in [-0.15, -0.1) is 0 Å². The van der Waals surface area contributed by atoms with E-state index in [1.807, 2.05) is 6.07 Å². The van der Waals surface area contributed by atoms with Gasteiger partial charge >= 0.3 is 0 Å². The van der Waals surface area contributed by atoms with E-state index in [-0.39, 0.29) is 10.8 Å². The fourth-order valence-corrected chi connectivity index (χ4v) is 6.26. The summed E-state index contributed by atoms with van der Waals surface area (Å²) in [5.74, 6) is 1.29. The summed E-state index contributed by atoms with van der Waals surface area (Å²) in [4.78, 5) is 0. The lowest BCUT2D eigenvalue weighted by Crippen LogP contribution is -2.17. The predicted octanol–water partition coefficient (Wildman–Crippen LogP) is 12.3. The van der Waals surface area contributed by atoms with Gasteiger partial charge in [-0.05, 0) is 104 Å². The molecule has 5 heteroatoms. The molecule has 0 aliphatic heterocycles. The van der Waals surface area contributed by atoms with Crippen LogP contribution < -0.4 is 4.74 Å². The summed E-state index contributed by atoms with van der Waals surface area (Å²) in [7, 11) is 1.64. The van der Waals surface area contributed by atoms with Crippen LogP contribution in [0, 0.1) is 7.14 Å². The average molecular weight is 793 g/mol. The maximum atomic E-state index is 9.60. The maximum Gasteiger partial charge on any atom is 0.188 e. The molecule has 0 fully saturated rings. The highest BCUT2D eigenvalue weighted by Gasteiger charge is 2.22. The fraction of sp³-hybridized carbons (Fsp3) is 0.667. The van der Waals surface area contributed by atoms with Crippen molar-refractivity contribution in [1.29, 1.82) is 0 Å². The third-order valence-corrected chi connectivity index (χ3v) is 9.79. The monoisotopic (exact) mass is 792 g/mol. The number of hydrogen-bond acceptors (Lipinski definition) is 3. The molecule has 1 N–H and O–H groups in total. The van der Waals surface area contributed by atoms with Crippen molar-refractivity contribution in [3.8, 4) is 11.5 Å². The van der Waals surface area contributed by atoms with E-state index in [1.54, 1.807) is 7.11 Å². The lowest BCUT2D eigenvalue weighted by atomic mass is 9.80. The van der Waals surface area contributed by atoms with Gasteiger partial charge in [-0.25, -0.2) is 0 Å². The predicted molar refractivity (Wildman–Crippen MR) is 195 cm³/mol. The molecule has 0 spiro atoms. The van der Waals surface area contributed by atoms with Crippen molar-refractivity contribution in [1.82, 2.24) is 0 Å². The van der Waals surface area contributed by atoms with Crippen molar-refractivity contribution in [3.05, 3.63) is 54.7 Å². The zero-order chi connectivity index (χ0) is 30.7. The van der Waals surface area contributed by atoms with Gasteiger partial charge in [0, 0.05) is 7.11 Å². The molecule has 0 aliphatic rings. The van der Waals surface area contributed by atoms with Crippen LogP contribution in [0.1, 0.15) is 143 Å². The second-order valence-corrected chi connectivity index (χ2v) is 15.0. The molecular formula is C36H58I2O3. The smallest absolute Gasteiger partial charge is 0.188 e. The largest absolute Gasteiger partial charge is 0.507 e. The van der Waals surface area contributed by atoms with Gasteiger partial charge < -0.3 is 14.6 Å². The number of unbranched alkanes of at least 4 members (excludes halogenated alkanes) is 10. The average Bonchev–Trinajstić information content (AvgIpc) is 2.93. The molecule has 0 bridgehead atoms. The molecule has 0 saturated carbocycles. The van der Waals surface area contributed by atoms with Crippen LogP contribution in [0.3, 0.4) is 0 Å². The van der Waals surface area contributed by atoms with Gasteiger partial charge in [0.25, 0.3) is 0 Å². The second-order valence-electron chi connectivity index (χ2n) is 12.7. The first-order chi connectivity index (χ1) is 19.5. The molecular weight excluding hydrogens is 734 g/mol. The number of rotatable bonds is 19. The minimum atomic E-state index is 0.207. The van der Waals surface area contributed by atoms with Gasteiger partial charge in [-0.3, -0.25) is 0 Å². The quantitative estimate of drug-likeness (QED) is 0.0875. The Morgan fingerprint density at radius 1 is 0.634 bits per heavy atom. The van der Waals surface area contributed by atoms with E-state index < -0.39 is 0 Å². The first-order valence-electron chi connectivity index (χ1n) is 15.9. The van der Waals surface area contributed by atoms with Crippen LogP contribution in [0.2, 0.25) is 0 Å². The van der Waals surface area contributed by atoms with E-state index in [0.717, 1.165) is 12.9 Å². The van der Waals surface area contributed by atoms with Gasteiger partial charge in [0.1, 0.15) is 11.5 Å². The van der Waals surface area contributed by atoms with Gasteiger partial charge in [-0.1, -0.05) is 131 Å². The molecule has 0 heterocycles. The Hall–Kier alpha value is -0.540. The lowest BCUT2D eigenvalue weighted by Gasteiger charge is -2.26. The van der Waals surface area contributed by atoms with Crippen molar-refractivity contribution < 1.29 is 14.6 Å². The van der Waals surface area contributed by atoms with Crippen molar-refractivity contribution in [2.75, 3.05) is 13.9 Å².